The van der Waals surface area contributed by atoms with E-state index in [4.69, 9.17) is 11.6 Å². The Labute approximate surface area is 199 Å². The number of carbonyl (C=O) groups excluding carboxylic acids is 1. The molecule has 1 N–H and O–H groups in total. The summed E-state index contributed by atoms with van der Waals surface area (Å²) in [6.45, 7) is 3.44. The van der Waals surface area contributed by atoms with Crippen molar-refractivity contribution in [2.75, 3.05) is 31.5 Å². The van der Waals surface area contributed by atoms with E-state index < -0.39 is 16.1 Å². The van der Waals surface area contributed by atoms with Crippen molar-refractivity contribution in [1.29, 1.82) is 0 Å². The highest BCUT2D eigenvalue weighted by atomic mass is 35.5. The lowest BCUT2D eigenvalue weighted by atomic mass is 10.0. The molecule has 1 saturated heterocycles. The number of rotatable bonds is 6. The summed E-state index contributed by atoms with van der Waals surface area (Å²) < 4.78 is 27.3. The zero-order valence-electron chi connectivity index (χ0n) is 18.3. The minimum absolute atomic E-state index is 0.118. The van der Waals surface area contributed by atoms with Gasteiger partial charge in [0.05, 0.1) is 10.9 Å². The molecule has 0 saturated carbocycles. The molecule has 172 valence electrons. The molecule has 0 aromatic heterocycles. The molecule has 0 aliphatic carbocycles. The number of nitrogens with one attached hydrogen (secondary N) is 1. The maximum absolute atomic E-state index is 13.0. The second-order valence-corrected chi connectivity index (χ2v) is 10.3. The van der Waals surface area contributed by atoms with Gasteiger partial charge in [0.2, 0.25) is 15.9 Å². The third kappa shape index (κ3) is 5.28. The van der Waals surface area contributed by atoms with Gasteiger partial charge in [0.15, 0.2) is 0 Å². The summed E-state index contributed by atoms with van der Waals surface area (Å²) in [4.78, 5) is 15.3. The third-order valence-corrected chi connectivity index (χ3v) is 8.09. The molecule has 0 bridgehead atoms. The minimum Gasteiger partial charge on any atom is -0.324 e. The molecule has 6 nitrogen and oxygen atoms in total. The maximum atomic E-state index is 13.0. The zero-order valence-corrected chi connectivity index (χ0v) is 19.9. The molecule has 1 heterocycles. The number of nitrogens with zero attached hydrogens (tertiary/aromatic N) is 2. The summed E-state index contributed by atoms with van der Waals surface area (Å²) in [7, 11) is -3.59. The van der Waals surface area contributed by atoms with E-state index in [-0.39, 0.29) is 10.8 Å². The first kappa shape index (κ1) is 23.4. The highest BCUT2D eigenvalue weighted by Crippen LogP contribution is 2.28. The Morgan fingerprint density at radius 1 is 0.879 bits per heavy atom. The maximum Gasteiger partial charge on any atom is 0.243 e. The molecule has 0 unspecified atom stereocenters. The first-order chi connectivity index (χ1) is 15.9. The number of halogens is 1. The molecule has 4 rings (SSSR count). The summed E-state index contributed by atoms with van der Waals surface area (Å²) in [6, 6.07) is 23.4. The molecule has 1 amide bonds. The van der Waals surface area contributed by atoms with E-state index in [1.165, 1.54) is 16.4 Å². The van der Waals surface area contributed by atoms with Crippen LogP contribution in [0.25, 0.3) is 11.1 Å². The van der Waals surface area contributed by atoms with E-state index >= 15 is 0 Å². The van der Waals surface area contributed by atoms with Gasteiger partial charge in [-0.05, 0) is 42.8 Å². The molecular formula is C25H26ClN3O3S. The predicted octanol–water partition coefficient (Wildman–Crippen LogP) is 4.34. The minimum atomic E-state index is -3.59. The number of hydrogen-bond acceptors (Lipinski definition) is 4. The number of hydrogen-bond donors (Lipinski definition) is 1. The average molecular weight is 484 g/mol. The molecule has 1 atom stereocenters. The molecule has 33 heavy (non-hydrogen) atoms. The quantitative estimate of drug-likeness (QED) is 0.566. The van der Waals surface area contributed by atoms with Crippen LogP contribution in [0.15, 0.2) is 83.8 Å². The lowest BCUT2D eigenvalue weighted by Gasteiger charge is -2.36. The van der Waals surface area contributed by atoms with Crippen molar-refractivity contribution in [3.8, 4) is 11.1 Å². The number of carbonyl (C=O) groups is 1. The molecule has 3 aromatic carbocycles. The molecule has 3 aromatic rings. The summed E-state index contributed by atoms with van der Waals surface area (Å²) in [5.74, 6) is -0.118. The van der Waals surface area contributed by atoms with Gasteiger partial charge in [-0.25, -0.2) is 8.42 Å². The van der Waals surface area contributed by atoms with Crippen molar-refractivity contribution in [3.63, 3.8) is 0 Å². The van der Waals surface area contributed by atoms with Crippen LogP contribution in [-0.4, -0.2) is 55.8 Å². The van der Waals surface area contributed by atoms with Gasteiger partial charge in [-0.3, -0.25) is 9.69 Å². The second-order valence-electron chi connectivity index (χ2n) is 7.97. The van der Waals surface area contributed by atoms with Crippen molar-refractivity contribution < 1.29 is 13.2 Å². The first-order valence-corrected chi connectivity index (χ1v) is 12.6. The normalized spacial score (nSPS) is 16.3. The van der Waals surface area contributed by atoms with Gasteiger partial charge in [-0.2, -0.15) is 4.31 Å². The fourth-order valence-corrected chi connectivity index (χ4v) is 5.50. The van der Waals surface area contributed by atoms with Crippen molar-refractivity contribution in [2.45, 2.75) is 17.9 Å². The van der Waals surface area contributed by atoms with Crippen LogP contribution in [-0.2, 0) is 14.8 Å². The van der Waals surface area contributed by atoms with E-state index in [1.54, 1.807) is 12.1 Å². The lowest BCUT2D eigenvalue weighted by molar-refractivity contribution is -0.121. The molecule has 0 radical (unpaired) electrons. The van der Waals surface area contributed by atoms with Gasteiger partial charge in [-0.1, -0.05) is 60.1 Å². The lowest BCUT2D eigenvalue weighted by Crippen LogP contribution is -2.53. The zero-order chi connectivity index (χ0) is 23.4. The molecular weight excluding hydrogens is 458 g/mol. The fourth-order valence-electron chi connectivity index (χ4n) is 3.95. The van der Waals surface area contributed by atoms with E-state index in [1.807, 2.05) is 66.4 Å². The van der Waals surface area contributed by atoms with E-state index in [9.17, 15) is 13.2 Å². The number of piperazine rings is 1. The number of para-hydroxylation sites is 1. The van der Waals surface area contributed by atoms with Crippen molar-refractivity contribution in [1.82, 2.24) is 9.21 Å². The van der Waals surface area contributed by atoms with Crippen molar-refractivity contribution >= 4 is 33.2 Å². The Morgan fingerprint density at radius 3 is 2.15 bits per heavy atom. The molecule has 1 aliphatic heterocycles. The van der Waals surface area contributed by atoms with Crippen LogP contribution in [0.1, 0.15) is 6.92 Å². The van der Waals surface area contributed by atoms with Gasteiger partial charge in [-0.15, -0.1) is 0 Å². The Kier molecular flexibility index (Phi) is 7.14. The van der Waals surface area contributed by atoms with Crippen LogP contribution < -0.4 is 5.32 Å². The van der Waals surface area contributed by atoms with Gasteiger partial charge >= 0.3 is 0 Å². The summed E-state index contributed by atoms with van der Waals surface area (Å²) in [6.07, 6.45) is 0. The van der Waals surface area contributed by atoms with Crippen molar-refractivity contribution in [3.05, 3.63) is 83.9 Å². The van der Waals surface area contributed by atoms with E-state index in [2.05, 4.69) is 5.32 Å². The molecule has 1 fully saturated rings. The summed E-state index contributed by atoms with van der Waals surface area (Å²) >= 11 is 5.88. The van der Waals surface area contributed by atoms with E-state index in [0.717, 1.165) is 16.8 Å². The highest BCUT2D eigenvalue weighted by Gasteiger charge is 2.32. The van der Waals surface area contributed by atoms with Crippen LogP contribution in [0.2, 0.25) is 5.02 Å². The third-order valence-electron chi connectivity index (χ3n) is 5.92. The second kappa shape index (κ2) is 10.1. The number of sulfonamides is 1. The predicted molar refractivity (Wildman–Crippen MR) is 132 cm³/mol. The van der Waals surface area contributed by atoms with Crippen LogP contribution >= 0.6 is 11.6 Å². The van der Waals surface area contributed by atoms with Crippen LogP contribution in [0.5, 0.6) is 0 Å². The number of amides is 1. The Morgan fingerprint density at radius 2 is 1.48 bits per heavy atom. The van der Waals surface area contributed by atoms with Crippen LogP contribution in [0.3, 0.4) is 0 Å². The SMILES string of the molecule is C[C@@H](C(=O)Nc1ccccc1-c1ccccc1)N1CCN(S(=O)(=O)c2ccc(Cl)cc2)CC1. The topological polar surface area (TPSA) is 69.7 Å². The summed E-state index contributed by atoms with van der Waals surface area (Å²) in [5, 5.41) is 3.55. The molecule has 0 spiro atoms. The van der Waals surface area contributed by atoms with E-state index in [0.29, 0.717) is 31.2 Å². The standard InChI is InChI=1S/C25H26ClN3O3S/c1-19(25(30)27-24-10-6-5-9-23(24)20-7-3-2-4-8-20)28-15-17-29(18-16-28)33(31,32)22-13-11-21(26)12-14-22/h2-14,19H,15-18H2,1H3,(H,27,30)/t19-/m0/s1. The largest absolute Gasteiger partial charge is 0.324 e. The Bertz CT molecular complexity index is 1210. The number of benzene rings is 3. The summed E-state index contributed by atoms with van der Waals surface area (Å²) in [5.41, 5.74) is 2.74. The van der Waals surface area contributed by atoms with Gasteiger partial charge in [0, 0.05) is 42.5 Å². The van der Waals surface area contributed by atoms with Gasteiger partial charge < -0.3 is 5.32 Å². The number of anilines is 1. The van der Waals surface area contributed by atoms with Crippen molar-refractivity contribution in [2.24, 2.45) is 0 Å². The Hall–Kier alpha value is -2.71. The molecule has 8 heteroatoms. The highest BCUT2D eigenvalue weighted by molar-refractivity contribution is 7.89. The monoisotopic (exact) mass is 483 g/mol. The molecule has 1 aliphatic rings. The smallest absolute Gasteiger partial charge is 0.243 e. The Balaban J connectivity index is 1.40. The average Bonchev–Trinajstić information content (AvgIpc) is 2.85. The fraction of sp³-hybridized carbons (Fsp3) is 0.240. The van der Waals surface area contributed by atoms with Gasteiger partial charge in [0.1, 0.15) is 0 Å². The first-order valence-electron chi connectivity index (χ1n) is 10.8. The van der Waals surface area contributed by atoms with Crippen LogP contribution in [0.4, 0.5) is 5.69 Å². The van der Waals surface area contributed by atoms with Crippen LogP contribution in [0, 0.1) is 0 Å². The van der Waals surface area contributed by atoms with Gasteiger partial charge in [0.25, 0.3) is 0 Å².